The molecule has 2 rings (SSSR count). The SMILES string of the molecule is CCN(CC)C(=O)c1ccc(CSC(=S)SCc2ccc(C(=O)N(CC)CC)cc2)cc1. The highest BCUT2D eigenvalue weighted by Crippen LogP contribution is 2.25. The Labute approximate surface area is 206 Å². The van der Waals surface area contributed by atoms with E-state index >= 15 is 0 Å². The van der Waals surface area contributed by atoms with Crippen LogP contribution in [0.1, 0.15) is 59.5 Å². The molecule has 7 heteroatoms. The lowest BCUT2D eigenvalue weighted by atomic mass is 10.1. The van der Waals surface area contributed by atoms with Crippen LogP contribution in [-0.2, 0) is 11.5 Å². The molecule has 2 amide bonds. The lowest BCUT2D eigenvalue weighted by Gasteiger charge is -2.18. The molecule has 4 nitrogen and oxygen atoms in total. The lowest BCUT2D eigenvalue weighted by molar-refractivity contribution is 0.0765. The van der Waals surface area contributed by atoms with Gasteiger partial charge in [0, 0.05) is 48.8 Å². The van der Waals surface area contributed by atoms with E-state index < -0.39 is 0 Å². The van der Waals surface area contributed by atoms with Crippen LogP contribution < -0.4 is 0 Å². The van der Waals surface area contributed by atoms with Crippen LogP contribution in [0.2, 0.25) is 0 Å². The topological polar surface area (TPSA) is 40.6 Å². The third kappa shape index (κ3) is 7.64. The maximum atomic E-state index is 12.4. The molecule has 0 aliphatic carbocycles. The van der Waals surface area contributed by atoms with Crippen molar-refractivity contribution in [3.63, 3.8) is 0 Å². The Hall–Kier alpha value is -1.83. The van der Waals surface area contributed by atoms with Crippen LogP contribution in [0.25, 0.3) is 0 Å². The van der Waals surface area contributed by atoms with Gasteiger partial charge in [-0.1, -0.05) is 36.5 Å². The zero-order valence-electron chi connectivity index (χ0n) is 19.3. The van der Waals surface area contributed by atoms with E-state index in [9.17, 15) is 9.59 Å². The third-order valence-corrected chi connectivity index (χ3v) is 8.06. The predicted octanol–water partition coefficient (Wildman–Crippen LogP) is 6.10. The van der Waals surface area contributed by atoms with Crippen molar-refractivity contribution in [1.82, 2.24) is 9.80 Å². The Bertz CT molecular complexity index is 817. The summed E-state index contributed by atoms with van der Waals surface area (Å²) in [5, 5.41) is 0. The maximum Gasteiger partial charge on any atom is 0.253 e. The Morgan fingerprint density at radius 2 is 0.969 bits per heavy atom. The van der Waals surface area contributed by atoms with Gasteiger partial charge in [0.1, 0.15) is 3.53 Å². The van der Waals surface area contributed by atoms with E-state index in [-0.39, 0.29) is 11.8 Å². The fourth-order valence-corrected chi connectivity index (χ4v) is 5.19. The summed E-state index contributed by atoms with van der Waals surface area (Å²) in [6.45, 7) is 10.8. The van der Waals surface area contributed by atoms with Crippen molar-refractivity contribution in [2.45, 2.75) is 39.2 Å². The highest BCUT2D eigenvalue weighted by molar-refractivity contribution is 8.46. The summed E-state index contributed by atoms with van der Waals surface area (Å²) < 4.78 is 0.886. The molecule has 0 bridgehead atoms. The van der Waals surface area contributed by atoms with Gasteiger partial charge in [-0.25, -0.2) is 0 Å². The van der Waals surface area contributed by atoms with E-state index in [1.807, 2.05) is 86.0 Å². The molecule has 0 unspecified atom stereocenters. The molecular formula is C25H32N2O2S3. The molecule has 0 N–H and O–H groups in total. The predicted molar refractivity (Wildman–Crippen MR) is 143 cm³/mol. The number of nitrogens with zero attached hydrogens (tertiary/aromatic N) is 2. The molecule has 0 radical (unpaired) electrons. The van der Waals surface area contributed by atoms with Gasteiger partial charge >= 0.3 is 0 Å². The normalized spacial score (nSPS) is 10.6. The van der Waals surface area contributed by atoms with E-state index in [0.717, 1.165) is 37.3 Å². The molecule has 0 atom stereocenters. The average molecular weight is 489 g/mol. The molecule has 0 aliphatic heterocycles. The molecule has 0 spiro atoms. The highest BCUT2D eigenvalue weighted by atomic mass is 32.2. The number of benzene rings is 2. The van der Waals surface area contributed by atoms with Crippen molar-refractivity contribution < 1.29 is 9.59 Å². The summed E-state index contributed by atoms with van der Waals surface area (Å²) in [6, 6.07) is 15.6. The quantitative estimate of drug-likeness (QED) is 0.378. The first kappa shape index (κ1) is 26.4. The first-order valence-corrected chi connectivity index (χ1v) is 13.4. The number of thiocarbonyl (C=S) groups is 1. The second-order valence-corrected chi connectivity index (χ2v) is 10.3. The summed E-state index contributed by atoms with van der Waals surface area (Å²) >= 11 is 8.79. The Morgan fingerprint density at radius 3 is 1.25 bits per heavy atom. The lowest BCUT2D eigenvalue weighted by Crippen LogP contribution is -2.30. The van der Waals surface area contributed by atoms with Gasteiger partial charge in [-0.3, -0.25) is 9.59 Å². The van der Waals surface area contributed by atoms with Crippen molar-refractivity contribution in [3.05, 3.63) is 70.8 Å². The summed E-state index contributed by atoms with van der Waals surface area (Å²) in [4.78, 5) is 28.4. The third-order valence-electron chi connectivity index (χ3n) is 5.22. The second kappa shape index (κ2) is 13.7. The molecule has 2 aromatic rings. The minimum atomic E-state index is 0.0742. The second-order valence-electron chi connectivity index (χ2n) is 7.18. The first-order chi connectivity index (χ1) is 15.4. The van der Waals surface area contributed by atoms with E-state index in [0.29, 0.717) is 26.2 Å². The number of hydrogen-bond acceptors (Lipinski definition) is 5. The van der Waals surface area contributed by atoms with E-state index in [1.165, 1.54) is 0 Å². The number of hydrogen-bond donors (Lipinski definition) is 0. The summed E-state index contributed by atoms with van der Waals surface area (Å²) in [6.07, 6.45) is 0. The molecule has 0 saturated carbocycles. The van der Waals surface area contributed by atoms with Crippen LogP contribution in [0.4, 0.5) is 0 Å². The van der Waals surface area contributed by atoms with Gasteiger partial charge in [0.05, 0.1) is 0 Å². The maximum absolute atomic E-state index is 12.4. The number of carbonyl (C=O) groups is 2. The first-order valence-electron chi connectivity index (χ1n) is 11.0. The van der Waals surface area contributed by atoms with Gasteiger partial charge in [0.25, 0.3) is 11.8 Å². The van der Waals surface area contributed by atoms with Gasteiger partial charge in [0.15, 0.2) is 0 Å². The fraction of sp³-hybridized carbons (Fsp3) is 0.400. The zero-order chi connectivity index (χ0) is 23.5. The minimum absolute atomic E-state index is 0.0742. The Kier molecular flexibility index (Phi) is 11.3. The van der Waals surface area contributed by atoms with Crippen molar-refractivity contribution >= 4 is 51.1 Å². The van der Waals surface area contributed by atoms with Gasteiger partial charge in [-0.15, -0.1) is 23.5 Å². The van der Waals surface area contributed by atoms with Crippen molar-refractivity contribution in [3.8, 4) is 0 Å². The van der Waals surface area contributed by atoms with Crippen molar-refractivity contribution in [1.29, 1.82) is 0 Å². The van der Waals surface area contributed by atoms with E-state index in [1.54, 1.807) is 23.5 Å². The molecule has 172 valence electrons. The molecule has 0 heterocycles. The molecule has 0 saturated heterocycles. The van der Waals surface area contributed by atoms with Gasteiger partial charge in [-0.2, -0.15) is 0 Å². The van der Waals surface area contributed by atoms with Crippen LogP contribution in [0.15, 0.2) is 48.5 Å². The smallest absolute Gasteiger partial charge is 0.253 e. The standard InChI is InChI=1S/C25H32N2O2S3/c1-5-26(6-2)23(28)21-13-9-19(10-14-21)17-31-25(30)32-18-20-11-15-22(16-12-20)24(29)27(7-3)8-4/h9-16H,5-8,17-18H2,1-4H3. The molecule has 0 fully saturated rings. The summed E-state index contributed by atoms with van der Waals surface area (Å²) in [5.41, 5.74) is 3.74. The highest BCUT2D eigenvalue weighted by Gasteiger charge is 2.13. The monoisotopic (exact) mass is 488 g/mol. The molecular weight excluding hydrogens is 456 g/mol. The fourth-order valence-electron chi connectivity index (χ4n) is 3.20. The Morgan fingerprint density at radius 1 is 0.656 bits per heavy atom. The molecule has 32 heavy (non-hydrogen) atoms. The number of rotatable bonds is 10. The van der Waals surface area contributed by atoms with Crippen LogP contribution in [0.5, 0.6) is 0 Å². The van der Waals surface area contributed by atoms with Crippen LogP contribution in [0.3, 0.4) is 0 Å². The van der Waals surface area contributed by atoms with E-state index in [2.05, 4.69) is 0 Å². The number of thioether (sulfide) groups is 2. The zero-order valence-corrected chi connectivity index (χ0v) is 21.7. The number of carbonyl (C=O) groups excluding carboxylic acids is 2. The van der Waals surface area contributed by atoms with Gasteiger partial charge in [-0.05, 0) is 63.1 Å². The van der Waals surface area contributed by atoms with Gasteiger partial charge < -0.3 is 9.80 Å². The largest absolute Gasteiger partial charge is 0.339 e. The van der Waals surface area contributed by atoms with Crippen LogP contribution in [-0.4, -0.2) is 51.3 Å². The Balaban J connectivity index is 1.81. The van der Waals surface area contributed by atoms with Crippen LogP contribution in [0, 0.1) is 0 Å². The van der Waals surface area contributed by atoms with Crippen molar-refractivity contribution in [2.75, 3.05) is 26.2 Å². The minimum Gasteiger partial charge on any atom is -0.339 e. The van der Waals surface area contributed by atoms with E-state index in [4.69, 9.17) is 12.2 Å². The molecule has 2 aromatic carbocycles. The van der Waals surface area contributed by atoms with Gasteiger partial charge in [0.2, 0.25) is 0 Å². The summed E-state index contributed by atoms with van der Waals surface area (Å²) in [7, 11) is 0. The van der Waals surface area contributed by atoms with Crippen molar-refractivity contribution in [2.24, 2.45) is 0 Å². The molecule has 0 aromatic heterocycles. The average Bonchev–Trinajstić information content (AvgIpc) is 2.83. The summed E-state index contributed by atoms with van der Waals surface area (Å²) in [5.74, 6) is 1.71. The molecule has 0 aliphatic rings. The van der Waals surface area contributed by atoms with Crippen LogP contribution >= 0.6 is 35.7 Å². The number of amides is 2.